The van der Waals surface area contributed by atoms with E-state index in [1.165, 1.54) is 0 Å². The van der Waals surface area contributed by atoms with Gasteiger partial charge in [0.1, 0.15) is 12.3 Å². The average Bonchev–Trinajstić information content (AvgIpc) is 3.21. The Morgan fingerprint density at radius 2 is 1.90 bits per heavy atom. The molecule has 0 atom stereocenters. The number of hydrogen-bond donors (Lipinski definition) is 2. The minimum absolute atomic E-state index is 0.333. The van der Waals surface area contributed by atoms with Gasteiger partial charge in [0, 0.05) is 44.7 Å². The molecule has 2 heterocycles. The lowest BCUT2D eigenvalue weighted by atomic mass is 9.99. The van der Waals surface area contributed by atoms with Crippen LogP contribution in [0, 0.1) is 0 Å². The van der Waals surface area contributed by atoms with Gasteiger partial charge in [-0.05, 0) is 31.9 Å². The molecule has 0 amide bonds. The van der Waals surface area contributed by atoms with Crippen LogP contribution in [0.4, 0.5) is 5.69 Å². The topological polar surface area (TPSA) is 77.1 Å². The van der Waals surface area contributed by atoms with E-state index in [0.29, 0.717) is 18.2 Å². The number of piperazine rings is 1. The summed E-state index contributed by atoms with van der Waals surface area (Å²) in [7, 11) is 0. The fourth-order valence-electron chi connectivity index (χ4n) is 3.77. The van der Waals surface area contributed by atoms with Crippen LogP contribution in [-0.2, 0) is 6.54 Å². The first-order valence-electron chi connectivity index (χ1n) is 10.7. The number of phenols is 1. The van der Waals surface area contributed by atoms with Crippen LogP contribution in [0.1, 0.15) is 51.0 Å². The van der Waals surface area contributed by atoms with Crippen LogP contribution in [0.5, 0.6) is 5.75 Å². The zero-order valence-electron chi connectivity index (χ0n) is 17.8. The second kappa shape index (κ2) is 10.2. The molecule has 0 unspecified atom stereocenters. The van der Waals surface area contributed by atoms with Gasteiger partial charge in [0.05, 0.1) is 11.4 Å². The number of guanidine groups is 1. The predicted molar refractivity (Wildman–Crippen MR) is 117 cm³/mol. The van der Waals surface area contributed by atoms with Crippen LogP contribution < -0.4 is 10.2 Å². The number of phenolic OH excluding ortho intramolecular Hbond substituents is 1. The van der Waals surface area contributed by atoms with Gasteiger partial charge in [-0.2, -0.15) is 0 Å². The molecule has 0 bridgehead atoms. The average molecular weight is 400 g/mol. The van der Waals surface area contributed by atoms with Gasteiger partial charge in [0.15, 0.2) is 11.7 Å². The molecule has 7 heteroatoms. The van der Waals surface area contributed by atoms with Crippen molar-refractivity contribution in [2.24, 2.45) is 4.99 Å². The summed E-state index contributed by atoms with van der Waals surface area (Å²) in [4.78, 5) is 9.25. The fraction of sp³-hybridized carbons (Fsp3) is 0.545. The highest BCUT2D eigenvalue weighted by molar-refractivity contribution is 5.80. The van der Waals surface area contributed by atoms with Crippen molar-refractivity contribution in [3.63, 3.8) is 0 Å². The predicted octanol–water partition coefficient (Wildman–Crippen LogP) is 3.57. The first kappa shape index (κ1) is 21.0. The largest absolute Gasteiger partial charge is 0.506 e. The van der Waals surface area contributed by atoms with E-state index >= 15 is 0 Å². The third-order valence-electron chi connectivity index (χ3n) is 5.50. The zero-order valence-corrected chi connectivity index (χ0v) is 17.8. The molecule has 0 aliphatic carbocycles. The standard InChI is InChI=1S/C22H33N5O2/c1-4-17(5-2)19-15-18(29-25-19)16-24-22(23-6-3)27-13-11-26(12-14-27)20-9-7-8-10-21(20)28/h7-10,15,17,28H,4-6,11-14,16H2,1-3H3,(H,23,24). The third-order valence-corrected chi connectivity index (χ3v) is 5.50. The fourth-order valence-corrected chi connectivity index (χ4v) is 3.77. The molecule has 1 aliphatic rings. The Balaban J connectivity index is 1.62. The van der Waals surface area contributed by atoms with E-state index in [1.807, 2.05) is 24.3 Å². The molecule has 1 aromatic carbocycles. The minimum atomic E-state index is 0.333. The van der Waals surface area contributed by atoms with Crippen LogP contribution in [0.3, 0.4) is 0 Å². The van der Waals surface area contributed by atoms with E-state index in [9.17, 15) is 5.11 Å². The monoisotopic (exact) mass is 399 g/mol. The van der Waals surface area contributed by atoms with Gasteiger partial charge in [0.25, 0.3) is 0 Å². The molecule has 0 saturated carbocycles. The van der Waals surface area contributed by atoms with Crippen LogP contribution in [0.25, 0.3) is 0 Å². The maximum atomic E-state index is 10.1. The number of hydrogen-bond acceptors (Lipinski definition) is 5. The second-order valence-corrected chi connectivity index (χ2v) is 7.36. The normalized spacial score (nSPS) is 15.2. The van der Waals surface area contributed by atoms with Crippen molar-refractivity contribution < 1.29 is 9.63 Å². The van der Waals surface area contributed by atoms with Gasteiger partial charge in [-0.25, -0.2) is 4.99 Å². The molecular formula is C22H33N5O2. The van der Waals surface area contributed by atoms with Crippen LogP contribution in [0.15, 0.2) is 39.8 Å². The SMILES string of the molecule is CCNC(=NCc1cc(C(CC)CC)no1)N1CCN(c2ccccc2O)CC1. The van der Waals surface area contributed by atoms with E-state index in [-0.39, 0.29) is 0 Å². The summed E-state index contributed by atoms with van der Waals surface area (Å²) in [5, 5.41) is 17.7. The highest BCUT2D eigenvalue weighted by Crippen LogP contribution is 2.27. The third kappa shape index (κ3) is 5.22. The Morgan fingerprint density at radius 3 is 2.55 bits per heavy atom. The van der Waals surface area contributed by atoms with E-state index in [4.69, 9.17) is 9.52 Å². The Hall–Kier alpha value is -2.70. The van der Waals surface area contributed by atoms with Gasteiger partial charge in [-0.15, -0.1) is 0 Å². The lowest BCUT2D eigenvalue weighted by molar-refractivity contribution is 0.361. The van der Waals surface area contributed by atoms with Crippen LogP contribution in [0.2, 0.25) is 0 Å². The molecule has 7 nitrogen and oxygen atoms in total. The molecule has 29 heavy (non-hydrogen) atoms. The summed E-state index contributed by atoms with van der Waals surface area (Å²) in [5.41, 5.74) is 1.92. The second-order valence-electron chi connectivity index (χ2n) is 7.36. The lowest BCUT2D eigenvalue weighted by Crippen LogP contribution is -2.52. The molecule has 1 saturated heterocycles. The van der Waals surface area contributed by atoms with E-state index in [1.54, 1.807) is 6.07 Å². The maximum absolute atomic E-state index is 10.1. The molecule has 0 spiro atoms. The van der Waals surface area contributed by atoms with E-state index in [2.05, 4.69) is 41.0 Å². The van der Waals surface area contributed by atoms with Gasteiger partial charge >= 0.3 is 0 Å². The molecular weight excluding hydrogens is 366 g/mol. The minimum Gasteiger partial charge on any atom is -0.506 e. The number of anilines is 1. The van der Waals surface area contributed by atoms with Gasteiger partial charge in [-0.3, -0.25) is 0 Å². The Labute approximate surface area is 173 Å². The van der Waals surface area contributed by atoms with Crippen molar-refractivity contribution in [2.75, 3.05) is 37.6 Å². The summed E-state index contributed by atoms with van der Waals surface area (Å²) in [6.07, 6.45) is 2.13. The smallest absolute Gasteiger partial charge is 0.194 e. The molecule has 2 N–H and O–H groups in total. The molecule has 3 rings (SSSR count). The number of nitrogens with zero attached hydrogens (tertiary/aromatic N) is 4. The molecule has 2 aromatic rings. The van der Waals surface area contributed by atoms with Crippen molar-refractivity contribution in [3.05, 3.63) is 41.8 Å². The number of rotatable bonds is 7. The van der Waals surface area contributed by atoms with Gasteiger partial charge in [0.2, 0.25) is 0 Å². The summed E-state index contributed by atoms with van der Waals surface area (Å²) >= 11 is 0. The summed E-state index contributed by atoms with van der Waals surface area (Å²) < 4.78 is 5.51. The van der Waals surface area contributed by atoms with Gasteiger partial charge in [-0.1, -0.05) is 31.1 Å². The molecule has 1 aromatic heterocycles. The summed E-state index contributed by atoms with van der Waals surface area (Å²) in [5.74, 6) is 2.48. The first-order chi connectivity index (χ1) is 14.2. The lowest BCUT2D eigenvalue weighted by Gasteiger charge is -2.37. The van der Waals surface area contributed by atoms with E-state index < -0.39 is 0 Å². The quantitative estimate of drug-likeness (QED) is 0.547. The highest BCUT2D eigenvalue weighted by atomic mass is 16.5. The summed E-state index contributed by atoms with van der Waals surface area (Å²) in [6.45, 7) is 11.1. The maximum Gasteiger partial charge on any atom is 0.194 e. The first-order valence-corrected chi connectivity index (χ1v) is 10.7. The van der Waals surface area contributed by atoms with E-state index in [0.717, 1.165) is 68.7 Å². The number of benzene rings is 1. The molecule has 1 aliphatic heterocycles. The Kier molecular flexibility index (Phi) is 7.38. The number of aliphatic imine (C=N–C) groups is 1. The van der Waals surface area contributed by atoms with Crippen molar-refractivity contribution in [2.45, 2.75) is 46.1 Å². The van der Waals surface area contributed by atoms with Crippen molar-refractivity contribution in [1.29, 1.82) is 0 Å². The zero-order chi connectivity index (χ0) is 20.6. The van der Waals surface area contributed by atoms with Crippen LogP contribution >= 0.6 is 0 Å². The highest BCUT2D eigenvalue weighted by Gasteiger charge is 2.21. The number of nitrogens with one attached hydrogen (secondary N) is 1. The van der Waals surface area contributed by atoms with Gasteiger partial charge < -0.3 is 24.7 Å². The molecule has 0 radical (unpaired) electrons. The molecule has 158 valence electrons. The molecule has 1 fully saturated rings. The van der Waals surface area contributed by atoms with Crippen LogP contribution in [-0.4, -0.2) is 53.8 Å². The summed E-state index contributed by atoms with van der Waals surface area (Å²) in [6, 6.07) is 9.55. The number of aromatic hydroxyl groups is 1. The Morgan fingerprint density at radius 1 is 1.17 bits per heavy atom. The number of aromatic nitrogens is 1. The number of para-hydroxylation sites is 2. The van der Waals surface area contributed by atoms with Crippen molar-refractivity contribution in [3.8, 4) is 5.75 Å². The Bertz CT molecular complexity index is 792. The van der Waals surface area contributed by atoms with Crippen molar-refractivity contribution >= 4 is 11.6 Å². The van der Waals surface area contributed by atoms with Crippen molar-refractivity contribution in [1.82, 2.24) is 15.4 Å².